The Morgan fingerprint density at radius 1 is 0.581 bits per heavy atom. The van der Waals surface area contributed by atoms with E-state index in [9.17, 15) is 19.8 Å². The molecule has 2 N–H and O–H groups in total. The first kappa shape index (κ1) is 27.3. The summed E-state index contributed by atoms with van der Waals surface area (Å²) < 4.78 is 10.9. The van der Waals surface area contributed by atoms with E-state index in [4.69, 9.17) is 9.47 Å². The molecule has 0 aliphatic heterocycles. The zero-order chi connectivity index (χ0) is 30.1. The molecular formula is C37H26O6. The van der Waals surface area contributed by atoms with Crippen LogP contribution < -0.4 is 9.47 Å². The zero-order valence-electron chi connectivity index (χ0n) is 23.0. The molecule has 6 rings (SSSR count). The summed E-state index contributed by atoms with van der Waals surface area (Å²) in [6.07, 6.45) is 2.16. The fraction of sp³-hybridized carbons (Fsp3) is 0.0270. The highest BCUT2D eigenvalue weighted by molar-refractivity contribution is 5.96. The third-order valence-corrected chi connectivity index (χ3v) is 7.48. The molecule has 6 heteroatoms. The Morgan fingerprint density at radius 2 is 1.05 bits per heavy atom. The minimum absolute atomic E-state index is 0.0106. The number of benzene rings is 6. The van der Waals surface area contributed by atoms with Crippen LogP contribution in [0.25, 0.3) is 32.3 Å². The molecule has 0 aliphatic rings. The van der Waals surface area contributed by atoms with Gasteiger partial charge in [0, 0.05) is 29.2 Å². The van der Waals surface area contributed by atoms with Gasteiger partial charge in [0.2, 0.25) is 0 Å². The topological polar surface area (TPSA) is 93.1 Å². The summed E-state index contributed by atoms with van der Waals surface area (Å²) in [6.45, 7) is 6.95. The Labute approximate surface area is 247 Å². The lowest BCUT2D eigenvalue weighted by Crippen LogP contribution is -2.08. The Bertz CT molecular complexity index is 1980. The van der Waals surface area contributed by atoms with Gasteiger partial charge in [0.15, 0.2) is 0 Å². The summed E-state index contributed by atoms with van der Waals surface area (Å²) in [5.74, 6) is -1.38. The molecule has 6 aromatic carbocycles. The summed E-state index contributed by atoms with van der Waals surface area (Å²) in [7, 11) is 0. The molecule has 0 saturated carbocycles. The number of carbonyl (C=O) groups is 2. The number of phenolic OH excluding ortho intramolecular Hbond substituents is 2. The van der Waals surface area contributed by atoms with E-state index in [1.165, 1.54) is 0 Å². The summed E-state index contributed by atoms with van der Waals surface area (Å²) in [4.78, 5) is 24.1. The number of aromatic hydroxyl groups is 2. The molecule has 0 amide bonds. The largest absolute Gasteiger partial charge is 0.508 e. The Balaban J connectivity index is 1.69. The van der Waals surface area contributed by atoms with Crippen molar-refractivity contribution in [3.8, 4) is 23.0 Å². The molecule has 0 saturated heterocycles. The first-order valence-electron chi connectivity index (χ1n) is 13.5. The number of fused-ring (bicyclic) bond motifs is 3. The van der Waals surface area contributed by atoms with Crippen LogP contribution >= 0.6 is 0 Å². The maximum atomic E-state index is 12.0. The van der Waals surface area contributed by atoms with Gasteiger partial charge in [-0.2, -0.15) is 0 Å². The summed E-state index contributed by atoms with van der Waals surface area (Å²) >= 11 is 0. The number of ether oxygens (including phenoxy) is 2. The van der Waals surface area contributed by atoms with E-state index >= 15 is 0 Å². The normalized spacial score (nSPS) is 11.1. The smallest absolute Gasteiger partial charge is 0.335 e. The van der Waals surface area contributed by atoms with Crippen LogP contribution in [0.3, 0.4) is 0 Å². The van der Waals surface area contributed by atoms with Gasteiger partial charge in [0.1, 0.15) is 23.0 Å². The average molecular weight is 567 g/mol. The maximum Gasteiger partial charge on any atom is 0.335 e. The molecule has 0 unspecified atom stereocenters. The number of rotatable bonds is 7. The maximum absolute atomic E-state index is 12.0. The van der Waals surface area contributed by atoms with E-state index in [0.717, 1.165) is 39.3 Å². The highest BCUT2D eigenvalue weighted by atomic mass is 16.5. The monoisotopic (exact) mass is 566 g/mol. The first-order chi connectivity index (χ1) is 20.9. The van der Waals surface area contributed by atoms with E-state index in [0.29, 0.717) is 21.9 Å². The predicted molar refractivity (Wildman–Crippen MR) is 168 cm³/mol. The number of esters is 2. The van der Waals surface area contributed by atoms with Gasteiger partial charge < -0.3 is 19.7 Å². The second-order valence-electron chi connectivity index (χ2n) is 10.1. The van der Waals surface area contributed by atoms with E-state index in [2.05, 4.69) is 13.2 Å². The van der Waals surface area contributed by atoms with Crippen LogP contribution in [-0.4, -0.2) is 22.2 Å². The Kier molecular flexibility index (Phi) is 7.10. The third kappa shape index (κ3) is 5.18. The van der Waals surface area contributed by atoms with Gasteiger partial charge in [-0.25, -0.2) is 9.59 Å². The van der Waals surface area contributed by atoms with Crippen molar-refractivity contribution < 1.29 is 29.3 Å². The molecule has 210 valence electrons. The van der Waals surface area contributed by atoms with Gasteiger partial charge in [0.25, 0.3) is 0 Å². The van der Waals surface area contributed by atoms with Crippen molar-refractivity contribution in [1.82, 2.24) is 0 Å². The summed E-state index contributed by atoms with van der Waals surface area (Å²) in [5, 5.41) is 27.9. The minimum Gasteiger partial charge on any atom is -0.508 e. The van der Waals surface area contributed by atoms with Crippen molar-refractivity contribution in [2.45, 2.75) is 5.92 Å². The fourth-order valence-corrected chi connectivity index (χ4v) is 5.54. The number of phenols is 2. The predicted octanol–water partition coefficient (Wildman–Crippen LogP) is 7.92. The molecule has 0 bridgehead atoms. The number of carbonyl (C=O) groups excluding carboxylic acids is 2. The fourth-order valence-electron chi connectivity index (χ4n) is 5.54. The highest BCUT2D eigenvalue weighted by Crippen LogP contribution is 2.47. The van der Waals surface area contributed by atoms with Gasteiger partial charge in [-0.05, 0) is 74.3 Å². The lowest BCUT2D eigenvalue weighted by molar-refractivity contribution is -0.129. The SMILES string of the molecule is C=CC(=O)Oc1ccc2ccc(O)c(C(c3ccc4ccccc4c3)c3c(O)ccc4ccc(OC(=O)C=C)cc34)c2c1. The van der Waals surface area contributed by atoms with Crippen molar-refractivity contribution in [2.24, 2.45) is 0 Å². The van der Waals surface area contributed by atoms with Crippen LogP contribution in [0.5, 0.6) is 23.0 Å². The quantitative estimate of drug-likeness (QED) is 0.0883. The van der Waals surface area contributed by atoms with Gasteiger partial charge in [-0.1, -0.05) is 79.9 Å². The average Bonchev–Trinajstić information content (AvgIpc) is 3.02. The Hall–Kier alpha value is -5.88. The lowest BCUT2D eigenvalue weighted by Gasteiger charge is -2.25. The molecule has 6 nitrogen and oxygen atoms in total. The van der Waals surface area contributed by atoms with E-state index in [1.54, 1.807) is 60.7 Å². The van der Waals surface area contributed by atoms with Crippen molar-refractivity contribution in [2.75, 3.05) is 0 Å². The summed E-state index contributed by atoms with van der Waals surface area (Å²) in [6, 6.07) is 31.0. The van der Waals surface area contributed by atoms with Crippen molar-refractivity contribution >= 4 is 44.3 Å². The molecule has 6 aromatic rings. The first-order valence-corrected chi connectivity index (χ1v) is 13.5. The summed E-state index contributed by atoms with van der Waals surface area (Å²) in [5.41, 5.74) is 1.80. The molecule has 0 radical (unpaired) electrons. The van der Waals surface area contributed by atoms with Crippen LogP contribution in [0.2, 0.25) is 0 Å². The Morgan fingerprint density at radius 3 is 1.56 bits per heavy atom. The van der Waals surface area contributed by atoms with E-state index in [1.807, 2.05) is 42.5 Å². The van der Waals surface area contributed by atoms with Gasteiger partial charge in [-0.15, -0.1) is 0 Å². The van der Waals surface area contributed by atoms with Crippen LogP contribution in [-0.2, 0) is 9.59 Å². The van der Waals surface area contributed by atoms with Crippen LogP contribution in [0.15, 0.2) is 128 Å². The van der Waals surface area contributed by atoms with Crippen molar-refractivity contribution in [1.29, 1.82) is 0 Å². The number of hydrogen-bond donors (Lipinski definition) is 2. The molecule has 0 heterocycles. The minimum atomic E-state index is -0.701. The molecule has 43 heavy (non-hydrogen) atoms. The van der Waals surface area contributed by atoms with Crippen LogP contribution in [0, 0.1) is 0 Å². The van der Waals surface area contributed by atoms with Crippen LogP contribution in [0.1, 0.15) is 22.6 Å². The van der Waals surface area contributed by atoms with Gasteiger partial charge >= 0.3 is 11.9 Å². The number of hydrogen-bond acceptors (Lipinski definition) is 6. The molecule has 0 fully saturated rings. The molecular weight excluding hydrogens is 540 g/mol. The molecule has 0 aromatic heterocycles. The lowest BCUT2D eigenvalue weighted by atomic mass is 9.79. The van der Waals surface area contributed by atoms with E-state index in [-0.39, 0.29) is 23.0 Å². The molecule has 0 aliphatic carbocycles. The van der Waals surface area contributed by atoms with Crippen molar-refractivity contribution in [3.05, 3.63) is 145 Å². The third-order valence-electron chi connectivity index (χ3n) is 7.48. The van der Waals surface area contributed by atoms with Crippen molar-refractivity contribution in [3.63, 3.8) is 0 Å². The second-order valence-corrected chi connectivity index (χ2v) is 10.1. The molecule has 0 atom stereocenters. The van der Waals surface area contributed by atoms with Crippen LogP contribution in [0.4, 0.5) is 0 Å². The van der Waals surface area contributed by atoms with E-state index < -0.39 is 17.9 Å². The standard InChI is InChI=1S/C37H26O6/c1-3-33(40)42-27-15-11-23-13-17-31(38)36(29(23)20-27)35(26-10-9-22-7-5-6-8-25(22)19-26)37-30-21-28(43-34(41)4-2)16-12-24(30)14-18-32(37)39/h3-21,35,38-39H,1-2H2. The molecule has 0 spiro atoms. The van der Waals surface area contributed by atoms with Gasteiger partial charge in [0.05, 0.1) is 0 Å². The highest BCUT2D eigenvalue weighted by Gasteiger charge is 2.28. The van der Waals surface area contributed by atoms with Gasteiger partial charge in [-0.3, -0.25) is 0 Å². The second kappa shape index (κ2) is 11.2. The zero-order valence-corrected chi connectivity index (χ0v) is 23.0.